The number of hydrogen-bond donors (Lipinski definition) is 4. The second-order valence-electron chi connectivity index (χ2n) is 13.6. The smallest absolute Gasteiger partial charge is 0.251 e. The van der Waals surface area contributed by atoms with Gasteiger partial charge in [0.15, 0.2) is 0 Å². The molecule has 0 aliphatic rings. The summed E-state index contributed by atoms with van der Waals surface area (Å²) in [5.74, 6) is 1.98. The highest BCUT2D eigenvalue weighted by atomic mass is 16.3. The minimum Gasteiger partial charge on any atom is -0.508 e. The lowest BCUT2D eigenvalue weighted by Gasteiger charge is -2.14. The molecule has 0 heterocycles. The van der Waals surface area contributed by atoms with E-state index in [1.807, 2.05) is 52.0 Å². The first-order chi connectivity index (χ1) is 22.1. The number of carbonyl (C=O) groups is 3. The van der Waals surface area contributed by atoms with Gasteiger partial charge in [-0.15, -0.1) is 0 Å². The minimum absolute atomic E-state index is 0.0700. The fourth-order valence-electron chi connectivity index (χ4n) is 4.16. The molecule has 2 unspecified atom stereocenters. The van der Waals surface area contributed by atoms with Crippen LogP contribution in [0.3, 0.4) is 0 Å². The average Bonchev–Trinajstić information content (AvgIpc) is 3.02. The fraction of sp³-hybridized carbons (Fsp3) is 0.475. The van der Waals surface area contributed by atoms with Gasteiger partial charge >= 0.3 is 0 Å². The van der Waals surface area contributed by atoms with Crippen LogP contribution in [0.4, 0.5) is 0 Å². The Hall–Kier alpha value is -4.13. The number of hydrogen-bond acceptors (Lipinski definition) is 4. The van der Waals surface area contributed by atoms with Gasteiger partial charge < -0.3 is 21.1 Å². The summed E-state index contributed by atoms with van der Waals surface area (Å²) in [6.07, 6.45) is 0.565. The van der Waals surface area contributed by atoms with Crippen LogP contribution >= 0.6 is 0 Å². The minimum atomic E-state index is -0.0984. The molecule has 0 fully saturated rings. The molecule has 0 aromatic heterocycles. The molecular weight excluding hydrogens is 586 g/mol. The molecular formula is C40H59N3O4. The van der Waals surface area contributed by atoms with Crippen LogP contribution in [-0.4, -0.2) is 42.5 Å². The van der Waals surface area contributed by atoms with Crippen molar-refractivity contribution in [2.75, 3.05) is 19.6 Å². The Morgan fingerprint density at radius 2 is 1.00 bits per heavy atom. The molecule has 3 amide bonds. The Labute approximate surface area is 284 Å². The number of benzene rings is 3. The third-order valence-electron chi connectivity index (χ3n) is 7.30. The summed E-state index contributed by atoms with van der Waals surface area (Å²) in [5.41, 5.74) is 5.36. The lowest BCUT2D eigenvalue weighted by atomic mass is 9.96. The van der Waals surface area contributed by atoms with E-state index in [4.69, 9.17) is 5.11 Å². The predicted molar refractivity (Wildman–Crippen MR) is 195 cm³/mol. The van der Waals surface area contributed by atoms with E-state index in [0.29, 0.717) is 36.3 Å². The number of carbonyl (C=O) groups excluding carboxylic acids is 3. The first-order valence-corrected chi connectivity index (χ1v) is 16.8. The van der Waals surface area contributed by atoms with Gasteiger partial charge in [-0.3, -0.25) is 14.4 Å². The van der Waals surface area contributed by atoms with E-state index in [1.54, 1.807) is 12.1 Å². The number of rotatable bonds is 12. The molecule has 3 aromatic rings. The summed E-state index contributed by atoms with van der Waals surface area (Å²) in [6.45, 7) is 22.8. The van der Waals surface area contributed by atoms with Crippen LogP contribution in [0.25, 0.3) is 0 Å². The summed E-state index contributed by atoms with van der Waals surface area (Å²) in [7, 11) is 0. The monoisotopic (exact) mass is 645 g/mol. The standard InChI is InChI=1S/C15H23NO.C14H21NO.C11H15NO2/c1-11(2)10-16-15(17)9-13(4)14-7-5-12(3)6-8-14;1-10(2)9-15-14(16)12(4)13-7-5-11(3)6-8-13;1-8(2)7-12-11(14)9-3-5-10(13)6-4-9/h5-8,11,13H,9-10H2,1-4H3,(H,16,17);5-8,10,12H,9H2,1-4H3,(H,15,16);3-6,8,13H,7H2,1-2H3,(H,12,14). The third-order valence-corrected chi connectivity index (χ3v) is 7.30. The number of aromatic hydroxyl groups is 1. The molecule has 0 radical (unpaired) electrons. The lowest BCUT2D eigenvalue weighted by Crippen LogP contribution is -2.31. The Kier molecular flexibility index (Phi) is 18.8. The van der Waals surface area contributed by atoms with Gasteiger partial charge in [-0.05, 0) is 79.8 Å². The molecule has 7 heteroatoms. The summed E-state index contributed by atoms with van der Waals surface area (Å²) in [5, 5.41) is 17.7. The van der Waals surface area contributed by atoms with Gasteiger partial charge in [-0.1, -0.05) is 108 Å². The maximum Gasteiger partial charge on any atom is 0.251 e. The van der Waals surface area contributed by atoms with Crippen molar-refractivity contribution in [2.24, 2.45) is 17.8 Å². The van der Waals surface area contributed by atoms with E-state index < -0.39 is 0 Å². The quantitative estimate of drug-likeness (QED) is 0.161. The van der Waals surface area contributed by atoms with Gasteiger partial charge in [-0.25, -0.2) is 0 Å². The molecule has 4 N–H and O–H groups in total. The van der Waals surface area contributed by atoms with E-state index in [9.17, 15) is 14.4 Å². The van der Waals surface area contributed by atoms with Gasteiger partial charge in [0.2, 0.25) is 11.8 Å². The van der Waals surface area contributed by atoms with Gasteiger partial charge in [-0.2, -0.15) is 0 Å². The zero-order chi connectivity index (χ0) is 35.5. The zero-order valence-corrected chi connectivity index (χ0v) is 30.3. The molecule has 0 saturated heterocycles. The van der Waals surface area contributed by atoms with Crippen LogP contribution in [0.15, 0.2) is 72.8 Å². The Bertz CT molecular complexity index is 1330. The Morgan fingerprint density at radius 1 is 0.574 bits per heavy atom. The topological polar surface area (TPSA) is 108 Å². The summed E-state index contributed by atoms with van der Waals surface area (Å²) in [4.78, 5) is 35.0. The maximum absolute atomic E-state index is 11.8. The van der Waals surface area contributed by atoms with Crippen LogP contribution in [0.1, 0.15) is 106 Å². The molecule has 0 saturated carbocycles. The molecule has 2 atom stereocenters. The SMILES string of the molecule is CC(C)CNC(=O)c1ccc(O)cc1.Cc1ccc(C(C)C(=O)NCC(C)C)cc1.Cc1ccc(C(C)CC(=O)NCC(C)C)cc1. The highest BCUT2D eigenvalue weighted by Gasteiger charge is 2.15. The van der Waals surface area contributed by atoms with E-state index >= 15 is 0 Å². The largest absolute Gasteiger partial charge is 0.508 e. The maximum atomic E-state index is 11.8. The second kappa shape index (κ2) is 21.6. The van der Waals surface area contributed by atoms with E-state index in [1.165, 1.54) is 28.8 Å². The summed E-state index contributed by atoms with van der Waals surface area (Å²) in [6, 6.07) is 22.7. The van der Waals surface area contributed by atoms with Crippen LogP contribution in [0.5, 0.6) is 5.75 Å². The summed E-state index contributed by atoms with van der Waals surface area (Å²) < 4.78 is 0. The first-order valence-electron chi connectivity index (χ1n) is 16.8. The van der Waals surface area contributed by atoms with E-state index in [2.05, 4.69) is 81.8 Å². The van der Waals surface area contributed by atoms with Crippen molar-refractivity contribution in [3.05, 3.63) is 101 Å². The molecule has 258 valence electrons. The van der Waals surface area contributed by atoms with E-state index in [-0.39, 0.29) is 35.3 Å². The highest BCUT2D eigenvalue weighted by molar-refractivity contribution is 5.94. The van der Waals surface area contributed by atoms with Gasteiger partial charge in [0.1, 0.15) is 5.75 Å². The van der Waals surface area contributed by atoms with Crippen LogP contribution in [0.2, 0.25) is 0 Å². The van der Waals surface area contributed by atoms with Gasteiger partial charge in [0.05, 0.1) is 5.92 Å². The second-order valence-corrected chi connectivity index (χ2v) is 13.6. The molecule has 7 nitrogen and oxygen atoms in total. The number of phenolic OH excluding ortho intramolecular Hbond substituents is 1. The van der Waals surface area contributed by atoms with E-state index in [0.717, 1.165) is 18.7 Å². The number of aryl methyl sites for hydroxylation is 2. The van der Waals surface area contributed by atoms with Crippen molar-refractivity contribution in [3.8, 4) is 5.75 Å². The van der Waals surface area contributed by atoms with Crippen molar-refractivity contribution < 1.29 is 19.5 Å². The molecule has 0 spiro atoms. The summed E-state index contributed by atoms with van der Waals surface area (Å²) >= 11 is 0. The number of nitrogens with one attached hydrogen (secondary N) is 3. The molecule has 0 aliphatic heterocycles. The van der Waals surface area contributed by atoms with Crippen molar-refractivity contribution in [2.45, 2.75) is 87.5 Å². The molecule has 47 heavy (non-hydrogen) atoms. The molecule has 3 aromatic carbocycles. The van der Waals surface area contributed by atoms with Gasteiger partial charge in [0, 0.05) is 31.6 Å². The Balaban J connectivity index is 0.000000354. The van der Waals surface area contributed by atoms with Crippen molar-refractivity contribution in [3.63, 3.8) is 0 Å². The van der Waals surface area contributed by atoms with Crippen LogP contribution in [-0.2, 0) is 9.59 Å². The van der Waals surface area contributed by atoms with Gasteiger partial charge in [0.25, 0.3) is 5.91 Å². The lowest BCUT2D eigenvalue weighted by molar-refractivity contribution is -0.122. The van der Waals surface area contributed by atoms with Crippen LogP contribution < -0.4 is 16.0 Å². The molecule has 0 aliphatic carbocycles. The third kappa shape index (κ3) is 18.0. The number of phenols is 1. The van der Waals surface area contributed by atoms with Crippen molar-refractivity contribution in [1.29, 1.82) is 0 Å². The Morgan fingerprint density at radius 3 is 1.47 bits per heavy atom. The first kappa shape index (κ1) is 40.9. The number of amides is 3. The average molecular weight is 646 g/mol. The predicted octanol–water partition coefficient (Wildman–Crippen LogP) is 7.91. The highest BCUT2D eigenvalue weighted by Crippen LogP contribution is 2.19. The zero-order valence-electron chi connectivity index (χ0n) is 30.3. The fourth-order valence-corrected chi connectivity index (χ4v) is 4.16. The molecule has 3 rings (SSSR count). The molecule has 0 bridgehead atoms. The van der Waals surface area contributed by atoms with Crippen molar-refractivity contribution >= 4 is 17.7 Å². The van der Waals surface area contributed by atoms with Crippen molar-refractivity contribution in [1.82, 2.24) is 16.0 Å². The van der Waals surface area contributed by atoms with Crippen LogP contribution in [0, 0.1) is 31.6 Å². The normalized spacial score (nSPS) is 11.9.